The van der Waals surface area contributed by atoms with Crippen LogP contribution in [0.1, 0.15) is 52.9 Å². The van der Waals surface area contributed by atoms with Gasteiger partial charge in [0.25, 0.3) is 0 Å². The second-order valence-corrected chi connectivity index (χ2v) is 4.83. The molecule has 1 aliphatic carbocycles. The molecule has 1 nitrogen and oxygen atoms in total. The van der Waals surface area contributed by atoms with E-state index in [1.54, 1.807) is 0 Å². The second-order valence-electron chi connectivity index (χ2n) is 4.83. The smallest absolute Gasteiger partial charge is 0.00683 e. The number of unbranched alkanes of at least 4 members (excludes halogenated alkanes) is 1. The van der Waals surface area contributed by atoms with Crippen LogP contribution < -0.4 is 5.32 Å². The molecule has 0 radical (unpaired) electrons. The van der Waals surface area contributed by atoms with E-state index in [0.29, 0.717) is 0 Å². The van der Waals surface area contributed by atoms with Gasteiger partial charge in [0, 0.05) is 6.04 Å². The molecule has 1 atom stereocenters. The van der Waals surface area contributed by atoms with Gasteiger partial charge in [0.15, 0.2) is 0 Å². The van der Waals surface area contributed by atoms with E-state index in [9.17, 15) is 0 Å². The van der Waals surface area contributed by atoms with Gasteiger partial charge in [-0.3, -0.25) is 0 Å². The Balaban J connectivity index is 2.11. The van der Waals surface area contributed by atoms with Crippen molar-refractivity contribution in [2.24, 2.45) is 11.8 Å². The molecule has 1 rings (SSSR count). The molecule has 1 N–H and O–H groups in total. The van der Waals surface area contributed by atoms with E-state index in [0.717, 1.165) is 17.9 Å². The lowest BCUT2D eigenvalue weighted by molar-refractivity contribution is 0.331. The summed E-state index contributed by atoms with van der Waals surface area (Å²) in [5.41, 5.74) is 0. The molecule has 0 spiro atoms. The Hall–Kier alpha value is -0.0400. The molecule has 1 aliphatic rings. The molecule has 1 fully saturated rings. The fourth-order valence-electron chi connectivity index (χ4n) is 1.74. The molecule has 0 aromatic carbocycles. The first kappa shape index (κ1) is 11.0. The summed E-state index contributed by atoms with van der Waals surface area (Å²) < 4.78 is 0. The maximum Gasteiger partial charge on any atom is 0.00683 e. The average Bonchev–Trinajstić information content (AvgIpc) is 2.87. The highest BCUT2D eigenvalue weighted by molar-refractivity contribution is 4.82. The molecule has 0 bridgehead atoms. The van der Waals surface area contributed by atoms with Crippen molar-refractivity contribution in [3.05, 3.63) is 0 Å². The molecule has 0 heterocycles. The van der Waals surface area contributed by atoms with Crippen LogP contribution in [0.3, 0.4) is 0 Å². The Morgan fingerprint density at radius 2 is 2.00 bits per heavy atom. The molecule has 1 unspecified atom stereocenters. The molecule has 13 heavy (non-hydrogen) atoms. The van der Waals surface area contributed by atoms with E-state index >= 15 is 0 Å². The minimum absolute atomic E-state index is 0.845. The fourth-order valence-corrected chi connectivity index (χ4v) is 1.74. The van der Waals surface area contributed by atoms with Gasteiger partial charge in [-0.1, -0.05) is 33.6 Å². The highest BCUT2D eigenvalue weighted by atomic mass is 14.9. The molecule has 0 aliphatic heterocycles. The van der Waals surface area contributed by atoms with E-state index in [4.69, 9.17) is 0 Å². The van der Waals surface area contributed by atoms with E-state index in [2.05, 4.69) is 26.1 Å². The van der Waals surface area contributed by atoms with Gasteiger partial charge >= 0.3 is 0 Å². The van der Waals surface area contributed by atoms with Crippen LogP contribution in [0.25, 0.3) is 0 Å². The van der Waals surface area contributed by atoms with Gasteiger partial charge in [-0.25, -0.2) is 0 Å². The van der Waals surface area contributed by atoms with Crippen LogP contribution in [0.5, 0.6) is 0 Å². The molecular formula is C12H25N. The first-order valence-electron chi connectivity index (χ1n) is 5.97. The summed E-state index contributed by atoms with van der Waals surface area (Å²) in [4.78, 5) is 0. The highest BCUT2D eigenvalue weighted by Gasteiger charge is 2.22. The monoisotopic (exact) mass is 183 g/mol. The molecule has 1 heteroatoms. The summed E-state index contributed by atoms with van der Waals surface area (Å²) in [6.45, 7) is 8.25. The zero-order valence-electron chi connectivity index (χ0n) is 9.47. The molecule has 0 aromatic heterocycles. The Morgan fingerprint density at radius 1 is 1.31 bits per heavy atom. The zero-order valence-corrected chi connectivity index (χ0v) is 9.47. The Labute approximate surface area is 83.3 Å². The molecule has 0 aromatic rings. The van der Waals surface area contributed by atoms with Crippen molar-refractivity contribution in [1.29, 1.82) is 0 Å². The summed E-state index contributed by atoms with van der Waals surface area (Å²) in [5.74, 6) is 1.75. The van der Waals surface area contributed by atoms with Gasteiger partial charge in [0.05, 0.1) is 0 Å². The van der Waals surface area contributed by atoms with E-state index in [1.807, 2.05) is 0 Å². The van der Waals surface area contributed by atoms with Crippen LogP contribution in [0.15, 0.2) is 0 Å². The predicted molar refractivity (Wildman–Crippen MR) is 58.9 cm³/mol. The standard InChI is InChI=1S/C12H25N/c1-4-5-6-11(10(2)3)9-13-12-7-8-12/h10-13H,4-9H2,1-3H3. The Kier molecular flexibility index (Phi) is 4.79. The predicted octanol–water partition coefficient (Wildman–Crippen LogP) is 3.20. The number of nitrogens with one attached hydrogen (secondary N) is 1. The van der Waals surface area contributed by atoms with Gasteiger partial charge in [-0.15, -0.1) is 0 Å². The molecule has 1 saturated carbocycles. The SMILES string of the molecule is CCCCC(CNC1CC1)C(C)C. The third kappa shape index (κ3) is 4.66. The van der Waals surface area contributed by atoms with Gasteiger partial charge in [-0.05, 0) is 37.6 Å². The van der Waals surface area contributed by atoms with Crippen molar-refractivity contribution >= 4 is 0 Å². The topological polar surface area (TPSA) is 12.0 Å². The highest BCUT2D eigenvalue weighted by Crippen LogP contribution is 2.22. The molecule has 0 amide bonds. The van der Waals surface area contributed by atoms with Crippen LogP contribution in [0.2, 0.25) is 0 Å². The normalized spacial score (nSPS) is 19.4. The Morgan fingerprint density at radius 3 is 2.46 bits per heavy atom. The van der Waals surface area contributed by atoms with Gasteiger partial charge in [-0.2, -0.15) is 0 Å². The summed E-state index contributed by atoms with van der Waals surface area (Å²) in [7, 11) is 0. The average molecular weight is 183 g/mol. The number of hydrogen-bond donors (Lipinski definition) is 1. The summed E-state index contributed by atoms with van der Waals surface area (Å²) in [6, 6.07) is 0.878. The van der Waals surface area contributed by atoms with Gasteiger partial charge in [0.2, 0.25) is 0 Å². The lowest BCUT2D eigenvalue weighted by Gasteiger charge is -2.21. The third-order valence-electron chi connectivity index (χ3n) is 3.12. The van der Waals surface area contributed by atoms with Crippen molar-refractivity contribution < 1.29 is 0 Å². The maximum absolute atomic E-state index is 3.65. The lowest BCUT2D eigenvalue weighted by Crippen LogP contribution is -2.27. The van der Waals surface area contributed by atoms with E-state index in [1.165, 1.54) is 38.6 Å². The van der Waals surface area contributed by atoms with Crippen molar-refractivity contribution in [2.45, 2.75) is 58.9 Å². The third-order valence-corrected chi connectivity index (χ3v) is 3.12. The largest absolute Gasteiger partial charge is 0.314 e. The van der Waals surface area contributed by atoms with E-state index in [-0.39, 0.29) is 0 Å². The summed E-state index contributed by atoms with van der Waals surface area (Å²) in [5, 5.41) is 3.65. The fraction of sp³-hybridized carbons (Fsp3) is 1.00. The van der Waals surface area contributed by atoms with Gasteiger partial charge in [0.1, 0.15) is 0 Å². The van der Waals surface area contributed by atoms with Crippen molar-refractivity contribution in [3.63, 3.8) is 0 Å². The van der Waals surface area contributed by atoms with Gasteiger partial charge < -0.3 is 5.32 Å². The molecule has 78 valence electrons. The van der Waals surface area contributed by atoms with Crippen LogP contribution >= 0.6 is 0 Å². The van der Waals surface area contributed by atoms with Crippen molar-refractivity contribution in [2.75, 3.05) is 6.54 Å². The minimum Gasteiger partial charge on any atom is -0.314 e. The summed E-state index contributed by atoms with van der Waals surface area (Å²) >= 11 is 0. The van der Waals surface area contributed by atoms with Crippen LogP contribution in [0.4, 0.5) is 0 Å². The van der Waals surface area contributed by atoms with Crippen molar-refractivity contribution in [1.82, 2.24) is 5.32 Å². The molecule has 0 saturated heterocycles. The Bertz CT molecular complexity index is 127. The van der Waals surface area contributed by atoms with Crippen LogP contribution in [-0.4, -0.2) is 12.6 Å². The minimum atomic E-state index is 0.845. The zero-order chi connectivity index (χ0) is 9.68. The van der Waals surface area contributed by atoms with Crippen molar-refractivity contribution in [3.8, 4) is 0 Å². The summed E-state index contributed by atoms with van der Waals surface area (Å²) in [6.07, 6.45) is 6.98. The second kappa shape index (κ2) is 5.64. The van der Waals surface area contributed by atoms with E-state index < -0.39 is 0 Å². The van der Waals surface area contributed by atoms with Crippen LogP contribution in [-0.2, 0) is 0 Å². The van der Waals surface area contributed by atoms with Crippen LogP contribution in [0, 0.1) is 11.8 Å². The first-order chi connectivity index (χ1) is 6.24. The molecular weight excluding hydrogens is 158 g/mol. The quantitative estimate of drug-likeness (QED) is 0.639. The lowest BCUT2D eigenvalue weighted by atomic mass is 9.90. The number of rotatable bonds is 7. The first-order valence-corrected chi connectivity index (χ1v) is 5.97. The number of hydrogen-bond acceptors (Lipinski definition) is 1. The maximum atomic E-state index is 3.65.